The van der Waals surface area contributed by atoms with Gasteiger partial charge in [0.1, 0.15) is 0 Å². The predicted molar refractivity (Wildman–Crippen MR) is 103 cm³/mol. The highest BCUT2D eigenvalue weighted by atomic mass is 32.1. The lowest BCUT2D eigenvalue weighted by Gasteiger charge is -2.21. The molecule has 2 N–H and O–H groups in total. The van der Waals surface area contributed by atoms with Crippen molar-refractivity contribution in [3.63, 3.8) is 0 Å². The molecule has 128 valence electrons. The number of hydrogen-bond acceptors (Lipinski definition) is 3. The maximum Gasteiger partial charge on any atom is 0.191 e. The summed E-state index contributed by atoms with van der Waals surface area (Å²) in [7, 11) is 0. The van der Waals surface area contributed by atoms with E-state index in [1.807, 2.05) is 6.92 Å². The number of nitrogens with two attached hydrogens (primary N) is 1. The van der Waals surface area contributed by atoms with E-state index in [9.17, 15) is 0 Å². The molecule has 0 saturated carbocycles. The third kappa shape index (κ3) is 4.57. The van der Waals surface area contributed by atoms with Gasteiger partial charge in [0.05, 0.1) is 10.7 Å². The molecule has 0 atom stereocenters. The topological polar surface area (TPSA) is 54.5 Å². The van der Waals surface area contributed by atoms with Gasteiger partial charge in [-0.1, -0.05) is 37.1 Å². The molecule has 1 aromatic carbocycles. The first kappa shape index (κ1) is 17.0. The Bertz CT molecular complexity index is 667. The van der Waals surface area contributed by atoms with Crippen LogP contribution in [0.4, 0.5) is 0 Å². The van der Waals surface area contributed by atoms with Gasteiger partial charge >= 0.3 is 0 Å². The zero-order chi connectivity index (χ0) is 16.8. The van der Waals surface area contributed by atoms with Crippen molar-refractivity contribution < 1.29 is 0 Å². The minimum Gasteiger partial charge on any atom is -0.370 e. The molecule has 4 nitrogen and oxygen atoms in total. The molecule has 2 aromatic rings. The summed E-state index contributed by atoms with van der Waals surface area (Å²) in [6.07, 6.45) is 6.01. The summed E-state index contributed by atoms with van der Waals surface area (Å²) < 4.78 is 0. The normalized spacial score (nSPS) is 16.2. The van der Waals surface area contributed by atoms with Crippen LogP contribution in [0.3, 0.4) is 0 Å². The summed E-state index contributed by atoms with van der Waals surface area (Å²) in [6.45, 7) is 4.89. The number of likely N-dealkylation sites (tertiary alicyclic amines) is 1. The second kappa shape index (κ2) is 8.29. The first-order valence-electron chi connectivity index (χ1n) is 8.79. The van der Waals surface area contributed by atoms with Crippen LogP contribution in [-0.4, -0.2) is 35.5 Å². The summed E-state index contributed by atoms with van der Waals surface area (Å²) in [5.74, 6) is 0.714. The molecule has 1 aliphatic heterocycles. The second-order valence-electron chi connectivity index (χ2n) is 6.34. The molecular formula is C19H26N4S. The predicted octanol–water partition coefficient (Wildman–Crippen LogP) is 3.85. The second-order valence-corrected chi connectivity index (χ2v) is 7.40. The van der Waals surface area contributed by atoms with E-state index in [1.165, 1.54) is 36.8 Å². The van der Waals surface area contributed by atoms with Gasteiger partial charge in [0.2, 0.25) is 0 Å². The molecule has 0 spiro atoms. The smallest absolute Gasteiger partial charge is 0.191 e. The van der Waals surface area contributed by atoms with Gasteiger partial charge in [-0.2, -0.15) is 0 Å². The molecule has 1 fully saturated rings. The molecule has 1 aliphatic rings. The van der Waals surface area contributed by atoms with E-state index in [0.717, 1.165) is 36.8 Å². The fourth-order valence-corrected chi connectivity index (χ4v) is 3.66. The minimum atomic E-state index is 0.714. The molecule has 0 bridgehead atoms. The summed E-state index contributed by atoms with van der Waals surface area (Å²) in [5, 5.41) is 3.21. The van der Waals surface area contributed by atoms with E-state index in [1.54, 1.807) is 11.3 Å². The minimum absolute atomic E-state index is 0.714. The van der Waals surface area contributed by atoms with Crippen molar-refractivity contribution >= 4 is 17.3 Å². The molecule has 1 saturated heterocycles. The summed E-state index contributed by atoms with van der Waals surface area (Å²) in [5.41, 5.74) is 9.68. The largest absolute Gasteiger partial charge is 0.370 e. The van der Waals surface area contributed by atoms with Gasteiger partial charge in [0.25, 0.3) is 0 Å². The monoisotopic (exact) mass is 342 g/mol. The summed E-state index contributed by atoms with van der Waals surface area (Å²) >= 11 is 1.69. The van der Waals surface area contributed by atoms with Crippen molar-refractivity contribution in [1.82, 2.24) is 9.88 Å². The maximum atomic E-state index is 6.15. The summed E-state index contributed by atoms with van der Waals surface area (Å²) in [4.78, 5) is 11.3. The van der Waals surface area contributed by atoms with E-state index >= 15 is 0 Å². The molecule has 0 radical (unpaired) electrons. The van der Waals surface area contributed by atoms with Crippen molar-refractivity contribution in [1.29, 1.82) is 0 Å². The molecule has 0 aliphatic carbocycles. The zero-order valence-corrected chi connectivity index (χ0v) is 15.2. The average molecular weight is 343 g/mol. The van der Waals surface area contributed by atoms with Crippen LogP contribution >= 0.6 is 11.3 Å². The van der Waals surface area contributed by atoms with Crippen LogP contribution in [-0.2, 0) is 6.42 Å². The fraction of sp³-hybridized carbons (Fsp3) is 0.474. The van der Waals surface area contributed by atoms with Crippen molar-refractivity contribution in [2.24, 2.45) is 10.7 Å². The Hall–Kier alpha value is -1.88. The zero-order valence-electron chi connectivity index (χ0n) is 14.4. The van der Waals surface area contributed by atoms with Gasteiger partial charge in [0, 0.05) is 30.6 Å². The SMILES string of the molecule is Cc1nc(-c2ccc(CCN=C(N)N3CCCCCC3)cc2)cs1. The van der Waals surface area contributed by atoms with Crippen LogP contribution in [0.15, 0.2) is 34.6 Å². The van der Waals surface area contributed by atoms with Crippen molar-refractivity contribution in [3.05, 3.63) is 40.2 Å². The highest BCUT2D eigenvalue weighted by Gasteiger charge is 2.10. The maximum absolute atomic E-state index is 6.15. The summed E-state index contributed by atoms with van der Waals surface area (Å²) in [6, 6.07) is 8.63. The Labute approximate surface area is 148 Å². The quantitative estimate of drug-likeness (QED) is 0.678. The van der Waals surface area contributed by atoms with Crippen LogP contribution in [0.2, 0.25) is 0 Å². The highest BCUT2D eigenvalue weighted by molar-refractivity contribution is 7.09. The van der Waals surface area contributed by atoms with E-state index in [-0.39, 0.29) is 0 Å². The van der Waals surface area contributed by atoms with E-state index in [0.29, 0.717) is 5.96 Å². The number of hydrogen-bond donors (Lipinski definition) is 1. The Kier molecular flexibility index (Phi) is 5.86. The fourth-order valence-electron chi connectivity index (χ4n) is 3.04. The van der Waals surface area contributed by atoms with E-state index in [2.05, 4.69) is 44.5 Å². The first-order chi connectivity index (χ1) is 11.7. The van der Waals surface area contributed by atoms with Gasteiger partial charge < -0.3 is 10.6 Å². The van der Waals surface area contributed by atoms with Gasteiger partial charge in [-0.3, -0.25) is 4.99 Å². The third-order valence-electron chi connectivity index (χ3n) is 4.47. The standard InChI is InChI=1S/C19H26N4S/c1-15-22-18(14-24-15)17-8-6-16(7-9-17)10-11-21-19(20)23-12-4-2-3-5-13-23/h6-9,14H,2-5,10-13H2,1H3,(H2,20,21). The number of benzene rings is 1. The Morgan fingerprint density at radius 1 is 1.17 bits per heavy atom. The average Bonchev–Trinajstić information content (AvgIpc) is 2.86. The molecule has 3 rings (SSSR count). The van der Waals surface area contributed by atoms with Crippen LogP contribution in [0.1, 0.15) is 36.3 Å². The van der Waals surface area contributed by atoms with E-state index in [4.69, 9.17) is 5.73 Å². The third-order valence-corrected chi connectivity index (χ3v) is 5.25. The molecule has 2 heterocycles. The van der Waals surface area contributed by atoms with Crippen molar-refractivity contribution in [2.45, 2.75) is 39.0 Å². The molecule has 0 unspecified atom stereocenters. The van der Waals surface area contributed by atoms with Gasteiger partial charge in [0.15, 0.2) is 5.96 Å². The Morgan fingerprint density at radius 2 is 1.88 bits per heavy atom. The number of aryl methyl sites for hydroxylation is 1. The van der Waals surface area contributed by atoms with Crippen LogP contribution in [0, 0.1) is 6.92 Å². The van der Waals surface area contributed by atoms with Gasteiger partial charge in [-0.25, -0.2) is 4.98 Å². The number of aliphatic imine (C=N–C) groups is 1. The lowest BCUT2D eigenvalue weighted by atomic mass is 10.1. The van der Waals surface area contributed by atoms with Crippen LogP contribution in [0.5, 0.6) is 0 Å². The molecule has 1 aromatic heterocycles. The highest BCUT2D eigenvalue weighted by Crippen LogP contribution is 2.21. The number of aromatic nitrogens is 1. The Morgan fingerprint density at radius 3 is 2.50 bits per heavy atom. The molecule has 0 amide bonds. The lowest BCUT2D eigenvalue weighted by Crippen LogP contribution is -2.38. The number of guanidine groups is 1. The van der Waals surface area contributed by atoms with Crippen molar-refractivity contribution in [3.8, 4) is 11.3 Å². The first-order valence-corrected chi connectivity index (χ1v) is 9.66. The number of rotatable bonds is 4. The van der Waals surface area contributed by atoms with Crippen molar-refractivity contribution in [2.75, 3.05) is 19.6 Å². The lowest BCUT2D eigenvalue weighted by molar-refractivity contribution is 0.428. The number of nitrogens with zero attached hydrogens (tertiary/aromatic N) is 3. The molecule has 24 heavy (non-hydrogen) atoms. The molecule has 5 heteroatoms. The number of thiazole rings is 1. The van der Waals surface area contributed by atoms with Crippen LogP contribution in [0.25, 0.3) is 11.3 Å². The van der Waals surface area contributed by atoms with E-state index < -0.39 is 0 Å². The molecular weight excluding hydrogens is 316 g/mol. The van der Waals surface area contributed by atoms with Gasteiger partial charge in [-0.05, 0) is 31.7 Å². The van der Waals surface area contributed by atoms with Gasteiger partial charge in [-0.15, -0.1) is 11.3 Å². The van der Waals surface area contributed by atoms with Crippen LogP contribution < -0.4 is 5.73 Å². The Balaban J connectivity index is 1.53.